The molecule has 4 rings (SSSR count). The van der Waals surface area contributed by atoms with Crippen LogP contribution in [0.3, 0.4) is 0 Å². The van der Waals surface area contributed by atoms with Crippen LogP contribution in [-0.4, -0.2) is 25.5 Å². The van der Waals surface area contributed by atoms with E-state index in [0.29, 0.717) is 12.3 Å². The van der Waals surface area contributed by atoms with Crippen LogP contribution >= 0.6 is 0 Å². The average Bonchev–Trinajstić information content (AvgIpc) is 3.27. The summed E-state index contributed by atoms with van der Waals surface area (Å²) in [7, 11) is 1.60. The van der Waals surface area contributed by atoms with Crippen LogP contribution in [0.4, 0.5) is 11.4 Å². The maximum atomic E-state index is 12.6. The van der Waals surface area contributed by atoms with Crippen molar-refractivity contribution in [1.82, 2.24) is 0 Å². The van der Waals surface area contributed by atoms with E-state index in [1.54, 1.807) is 12.0 Å². The monoisotopic (exact) mass is 350 g/mol. The molecule has 2 aromatic carbocycles. The molecule has 0 radical (unpaired) electrons. The van der Waals surface area contributed by atoms with Gasteiger partial charge in [0, 0.05) is 30.4 Å². The van der Waals surface area contributed by atoms with Crippen molar-refractivity contribution in [1.29, 1.82) is 0 Å². The first-order chi connectivity index (χ1) is 12.6. The first-order valence-corrected chi connectivity index (χ1v) is 9.01. The van der Waals surface area contributed by atoms with E-state index >= 15 is 0 Å². The van der Waals surface area contributed by atoms with Gasteiger partial charge in [0.15, 0.2) is 0 Å². The third-order valence-corrected chi connectivity index (χ3v) is 5.23. The molecule has 1 fully saturated rings. The molecule has 2 aliphatic rings. The highest BCUT2D eigenvalue weighted by Gasteiger charge is 2.35. The minimum atomic E-state index is -0.345. The summed E-state index contributed by atoms with van der Waals surface area (Å²) in [4.78, 5) is 26.7. The lowest BCUT2D eigenvalue weighted by molar-refractivity contribution is -0.122. The van der Waals surface area contributed by atoms with Crippen molar-refractivity contribution >= 4 is 23.2 Å². The number of rotatable bonds is 4. The Kier molecular flexibility index (Phi) is 4.37. The molecule has 1 atom stereocenters. The number of nitrogens with zero attached hydrogens (tertiary/aromatic N) is 1. The number of nitrogens with one attached hydrogen (secondary N) is 1. The number of hydrogen-bond donors (Lipinski definition) is 1. The fraction of sp³-hybridized carbons (Fsp3) is 0.333. The molecule has 5 heteroatoms. The van der Waals surface area contributed by atoms with Gasteiger partial charge in [-0.25, -0.2) is 0 Å². The second kappa shape index (κ2) is 6.83. The van der Waals surface area contributed by atoms with Gasteiger partial charge in [0.05, 0.1) is 13.0 Å². The van der Waals surface area contributed by atoms with Crippen molar-refractivity contribution in [3.8, 4) is 5.75 Å². The Morgan fingerprint density at radius 2 is 2.00 bits per heavy atom. The second-order valence-corrected chi connectivity index (χ2v) is 6.93. The maximum absolute atomic E-state index is 12.6. The Hall–Kier alpha value is -2.82. The SMILES string of the molecule is COc1cccc(N2C[C@@H](C(=O)Nc3ccc4c(c3)CCC4)CC2=O)c1. The first kappa shape index (κ1) is 16.6. The zero-order valence-corrected chi connectivity index (χ0v) is 14.8. The number of aryl methyl sites for hydroxylation is 2. The minimum Gasteiger partial charge on any atom is -0.497 e. The molecule has 0 spiro atoms. The summed E-state index contributed by atoms with van der Waals surface area (Å²) < 4.78 is 5.22. The normalized spacial score (nSPS) is 18.7. The molecule has 1 aliphatic heterocycles. The number of carbonyl (C=O) groups is 2. The van der Waals surface area contributed by atoms with Gasteiger partial charge >= 0.3 is 0 Å². The molecule has 0 unspecified atom stereocenters. The topological polar surface area (TPSA) is 58.6 Å². The van der Waals surface area contributed by atoms with E-state index in [1.807, 2.05) is 30.3 Å². The van der Waals surface area contributed by atoms with Crippen molar-refractivity contribution < 1.29 is 14.3 Å². The highest BCUT2D eigenvalue weighted by atomic mass is 16.5. The van der Waals surface area contributed by atoms with Crippen LogP contribution in [-0.2, 0) is 22.4 Å². The summed E-state index contributed by atoms with van der Waals surface area (Å²) in [5.41, 5.74) is 4.29. The van der Waals surface area contributed by atoms with Crippen LogP contribution in [0.2, 0.25) is 0 Å². The van der Waals surface area contributed by atoms with Gasteiger partial charge in [-0.2, -0.15) is 0 Å². The molecule has 26 heavy (non-hydrogen) atoms. The summed E-state index contributed by atoms with van der Waals surface area (Å²) in [6.45, 7) is 0.392. The van der Waals surface area contributed by atoms with Gasteiger partial charge in [0.25, 0.3) is 0 Å². The largest absolute Gasteiger partial charge is 0.497 e. The minimum absolute atomic E-state index is 0.0349. The number of benzene rings is 2. The lowest BCUT2D eigenvalue weighted by Gasteiger charge is -2.17. The van der Waals surface area contributed by atoms with E-state index in [0.717, 1.165) is 24.2 Å². The highest BCUT2D eigenvalue weighted by Crippen LogP contribution is 2.29. The number of fused-ring (bicyclic) bond motifs is 1. The van der Waals surface area contributed by atoms with Gasteiger partial charge in [0.1, 0.15) is 5.75 Å². The summed E-state index contributed by atoms with van der Waals surface area (Å²) >= 11 is 0. The smallest absolute Gasteiger partial charge is 0.229 e. The second-order valence-electron chi connectivity index (χ2n) is 6.93. The van der Waals surface area contributed by atoms with E-state index < -0.39 is 0 Å². The van der Waals surface area contributed by atoms with Crippen LogP contribution in [0.25, 0.3) is 0 Å². The van der Waals surface area contributed by atoms with Crippen LogP contribution in [0.15, 0.2) is 42.5 Å². The summed E-state index contributed by atoms with van der Waals surface area (Å²) in [5.74, 6) is 0.220. The first-order valence-electron chi connectivity index (χ1n) is 9.01. The van der Waals surface area contributed by atoms with Crippen LogP contribution in [0.1, 0.15) is 24.0 Å². The van der Waals surface area contributed by atoms with E-state index in [9.17, 15) is 9.59 Å². The predicted molar refractivity (Wildman–Crippen MR) is 101 cm³/mol. The van der Waals surface area contributed by atoms with Gasteiger partial charge < -0.3 is 15.0 Å². The summed E-state index contributed by atoms with van der Waals surface area (Å²) in [6.07, 6.45) is 3.61. The highest BCUT2D eigenvalue weighted by molar-refractivity contribution is 6.03. The van der Waals surface area contributed by atoms with Crippen molar-refractivity contribution in [2.45, 2.75) is 25.7 Å². The van der Waals surface area contributed by atoms with E-state index in [1.165, 1.54) is 17.5 Å². The number of anilines is 2. The average molecular weight is 350 g/mol. The zero-order valence-electron chi connectivity index (χ0n) is 14.8. The van der Waals surface area contributed by atoms with Gasteiger partial charge in [-0.05, 0) is 54.7 Å². The Balaban J connectivity index is 1.45. The van der Waals surface area contributed by atoms with Gasteiger partial charge in [0.2, 0.25) is 11.8 Å². The van der Waals surface area contributed by atoms with Gasteiger partial charge in [-0.1, -0.05) is 12.1 Å². The Morgan fingerprint density at radius 3 is 2.85 bits per heavy atom. The number of methoxy groups -OCH3 is 1. The molecular weight excluding hydrogens is 328 g/mol. The predicted octanol–water partition coefficient (Wildman–Crippen LogP) is 3.18. The van der Waals surface area contributed by atoms with Crippen molar-refractivity contribution in [3.05, 3.63) is 53.6 Å². The fourth-order valence-electron chi connectivity index (χ4n) is 3.81. The summed E-state index contributed by atoms with van der Waals surface area (Å²) in [6, 6.07) is 13.5. The molecule has 0 bridgehead atoms. The van der Waals surface area contributed by atoms with E-state index in [2.05, 4.69) is 17.4 Å². The molecule has 2 amide bonds. The lowest BCUT2D eigenvalue weighted by atomic mass is 10.1. The number of ether oxygens (including phenoxy) is 1. The standard InChI is InChI=1S/C21H22N2O3/c1-26-19-7-3-6-18(12-19)23-13-16(11-20(23)24)21(25)22-17-9-8-14-4-2-5-15(14)10-17/h3,6-10,12,16H,2,4-5,11,13H2,1H3,(H,22,25)/t16-/m0/s1. The summed E-state index contributed by atoms with van der Waals surface area (Å²) in [5, 5.41) is 2.99. The van der Waals surface area contributed by atoms with Crippen molar-refractivity contribution in [2.75, 3.05) is 23.9 Å². The van der Waals surface area contributed by atoms with Crippen molar-refractivity contribution in [2.24, 2.45) is 5.92 Å². The molecule has 1 heterocycles. The van der Waals surface area contributed by atoms with Crippen LogP contribution in [0.5, 0.6) is 5.75 Å². The van der Waals surface area contributed by atoms with Gasteiger partial charge in [-0.15, -0.1) is 0 Å². The molecule has 1 saturated heterocycles. The molecule has 1 aliphatic carbocycles. The Labute approximate surface area is 153 Å². The molecule has 1 N–H and O–H groups in total. The third kappa shape index (κ3) is 3.17. The van der Waals surface area contributed by atoms with E-state index in [-0.39, 0.29) is 24.2 Å². The van der Waals surface area contributed by atoms with Crippen LogP contribution in [0, 0.1) is 5.92 Å². The molecule has 5 nitrogen and oxygen atoms in total. The number of hydrogen-bond acceptors (Lipinski definition) is 3. The molecule has 0 saturated carbocycles. The van der Waals surface area contributed by atoms with E-state index in [4.69, 9.17) is 4.74 Å². The Bertz CT molecular complexity index is 862. The van der Waals surface area contributed by atoms with Gasteiger partial charge in [-0.3, -0.25) is 9.59 Å². The molecule has 134 valence electrons. The number of carbonyl (C=O) groups excluding carboxylic acids is 2. The molecular formula is C21H22N2O3. The lowest BCUT2D eigenvalue weighted by Crippen LogP contribution is -2.28. The quantitative estimate of drug-likeness (QED) is 0.921. The zero-order chi connectivity index (χ0) is 18.1. The Morgan fingerprint density at radius 1 is 1.15 bits per heavy atom. The maximum Gasteiger partial charge on any atom is 0.229 e. The fourth-order valence-corrected chi connectivity index (χ4v) is 3.81. The molecule has 0 aromatic heterocycles. The number of amides is 2. The van der Waals surface area contributed by atoms with Crippen molar-refractivity contribution in [3.63, 3.8) is 0 Å². The van der Waals surface area contributed by atoms with Crippen LogP contribution < -0.4 is 15.0 Å². The molecule has 2 aromatic rings. The third-order valence-electron chi connectivity index (χ3n) is 5.23.